The van der Waals surface area contributed by atoms with Crippen LogP contribution in [0.1, 0.15) is 20.3 Å². The molecule has 88 valence electrons. The number of hydrogen-bond donors (Lipinski definition) is 1. The maximum Gasteiger partial charge on any atom is 0.239 e. The highest BCUT2D eigenvalue weighted by Crippen LogP contribution is 2.18. The van der Waals surface area contributed by atoms with E-state index >= 15 is 0 Å². The van der Waals surface area contributed by atoms with Crippen LogP contribution in [0.15, 0.2) is 0 Å². The van der Waals surface area contributed by atoms with Gasteiger partial charge in [-0.25, -0.2) is 0 Å². The molecule has 1 heterocycles. The summed E-state index contributed by atoms with van der Waals surface area (Å²) in [6.45, 7) is 5.59. The Bertz CT molecular complexity index is 231. The number of nitrogens with zero attached hydrogens (tertiary/aromatic N) is 2. The number of rotatable bonds is 2. The van der Waals surface area contributed by atoms with E-state index < -0.39 is 0 Å². The molecule has 15 heavy (non-hydrogen) atoms. The van der Waals surface area contributed by atoms with E-state index in [-0.39, 0.29) is 24.0 Å². The highest BCUT2D eigenvalue weighted by Gasteiger charge is 2.30. The van der Waals surface area contributed by atoms with Gasteiger partial charge in [-0.3, -0.25) is 9.69 Å². The van der Waals surface area contributed by atoms with E-state index in [0.29, 0.717) is 0 Å². The standard InChI is InChI=1S/C11H22N2O2/c1-8-7-13(6-5-10(8)14)9(2)11(15)12(3)4/h8-10,14H,5-7H2,1-4H3. The molecule has 0 saturated carbocycles. The van der Waals surface area contributed by atoms with Crippen LogP contribution in [-0.2, 0) is 4.79 Å². The summed E-state index contributed by atoms with van der Waals surface area (Å²) in [6, 6.07) is -0.0741. The Hall–Kier alpha value is -0.610. The maximum absolute atomic E-state index is 11.8. The number of aliphatic hydroxyl groups is 1. The van der Waals surface area contributed by atoms with Crippen molar-refractivity contribution >= 4 is 5.91 Å². The van der Waals surface area contributed by atoms with E-state index in [1.54, 1.807) is 19.0 Å². The van der Waals surface area contributed by atoms with Gasteiger partial charge < -0.3 is 10.0 Å². The molecule has 0 radical (unpaired) electrons. The molecular weight excluding hydrogens is 192 g/mol. The Balaban J connectivity index is 2.54. The third-order valence-electron chi connectivity index (χ3n) is 3.24. The van der Waals surface area contributed by atoms with Crippen molar-refractivity contribution in [1.29, 1.82) is 0 Å². The molecule has 0 aliphatic carbocycles. The highest BCUT2D eigenvalue weighted by atomic mass is 16.3. The molecule has 0 bridgehead atoms. The number of hydrogen-bond acceptors (Lipinski definition) is 3. The molecule has 1 aliphatic rings. The Labute approximate surface area is 91.9 Å². The van der Waals surface area contributed by atoms with Crippen molar-refractivity contribution in [2.45, 2.75) is 32.4 Å². The van der Waals surface area contributed by atoms with Crippen molar-refractivity contribution in [1.82, 2.24) is 9.80 Å². The Kier molecular flexibility index (Phi) is 4.11. The van der Waals surface area contributed by atoms with E-state index in [0.717, 1.165) is 19.5 Å². The van der Waals surface area contributed by atoms with E-state index in [1.807, 2.05) is 13.8 Å². The lowest BCUT2D eigenvalue weighted by molar-refractivity contribution is -0.135. The molecule has 3 atom stereocenters. The van der Waals surface area contributed by atoms with Crippen molar-refractivity contribution in [3.05, 3.63) is 0 Å². The van der Waals surface area contributed by atoms with Crippen LogP contribution in [0.2, 0.25) is 0 Å². The average Bonchev–Trinajstić information content (AvgIpc) is 2.19. The van der Waals surface area contributed by atoms with Gasteiger partial charge in [0.25, 0.3) is 0 Å². The van der Waals surface area contributed by atoms with E-state index in [9.17, 15) is 9.90 Å². The molecular formula is C11H22N2O2. The van der Waals surface area contributed by atoms with Gasteiger partial charge in [-0.2, -0.15) is 0 Å². The van der Waals surface area contributed by atoms with Crippen LogP contribution >= 0.6 is 0 Å². The molecule has 1 N–H and O–H groups in total. The third kappa shape index (κ3) is 2.92. The summed E-state index contributed by atoms with van der Waals surface area (Å²) in [6.07, 6.45) is 0.564. The van der Waals surface area contributed by atoms with Crippen LogP contribution in [-0.4, -0.2) is 60.1 Å². The van der Waals surface area contributed by atoms with Gasteiger partial charge in [0.2, 0.25) is 5.91 Å². The minimum absolute atomic E-state index is 0.0741. The molecule has 4 heteroatoms. The van der Waals surface area contributed by atoms with Crippen LogP contribution in [0.3, 0.4) is 0 Å². The largest absolute Gasteiger partial charge is 0.393 e. The summed E-state index contributed by atoms with van der Waals surface area (Å²) in [5.41, 5.74) is 0. The zero-order chi connectivity index (χ0) is 11.6. The molecule has 1 rings (SSSR count). The topological polar surface area (TPSA) is 43.8 Å². The summed E-state index contributed by atoms with van der Waals surface area (Å²) < 4.78 is 0. The van der Waals surface area contributed by atoms with Crippen LogP contribution < -0.4 is 0 Å². The smallest absolute Gasteiger partial charge is 0.239 e. The Morgan fingerprint density at radius 3 is 2.60 bits per heavy atom. The zero-order valence-corrected chi connectivity index (χ0v) is 10.1. The van der Waals surface area contributed by atoms with Gasteiger partial charge >= 0.3 is 0 Å². The summed E-state index contributed by atoms with van der Waals surface area (Å²) >= 11 is 0. The van der Waals surface area contributed by atoms with Gasteiger partial charge in [0.15, 0.2) is 0 Å². The fourth-order valence-electron chi connectivity index (χ4n) is 2.05. The normalized spacial score (nSPS) is 29.9. The van der Waals surface area contributed by atoms with Crippen molar-refractivity contribution in [3.8, 4) is 0 Å². The highest BCUT2D eigenvalue weighted by molar-refractivity contribution is 5.80. The average molecular weight is 214 g/mol. The summed E-state index contributed by atoms with van der Waals surface area (Å²) in [4.78, 5) is 15.5. The molecule has 0 aromatic heterocycles. The summed E-state index contributed by atoms with van der Waals surface area (Å²) in [5.74, 6) is 0.398. The lowest BCUT2D eigenvalue weighted by Crippen LogP contribution is -2.51. The third-order valence-corrected chi connectivity index (χ3v) is 3.24. The first-order valence-corrected chi connectivity index (χ1v) is 5.56. The second kappa shape index (κ2) is 4.94. The van der Waals surface area contributed by atoms with E-state index in [2.05, 4.69) is 4.90 Å². The van der Waals surface area contributed by atoms with Gasteiger partial charge in [-0.1, -0.05) is 6.92 Å². The molecule has 0 aromatic carbocycles. The Morgan fingerprint density at radius 1 is 1.53 bits per heavy atom. The number of carbonyl (C=O) groups excluding carboxylic acids is 1. The van der Waals surface area contributed by atoms with Crippen LogP contribution in [0.25, 0.3) is 0 Å². The predicted molar refractivity (Wildman–Crippen MR) is 59.5 cm³/mol. The minimum atomic E-state index is -0.206. The second-order valence-electron chi connectivity index (χ2n) is 4.74. The number of likely N-dealkylation sites (N-methyl/N-ethyl adjacent to an activating group) is 1. The molecule has 4 nitrogen and oxygen atoms in total. The van der Waals surface area contributed by atoms with Crippen molar-refractivity contribution < 1.29 is 9.90 Å². The fraction of sp³-hybridized carbons (Fsp3) is 0.909. The van der Waals surface area contributed by atoms with Crippen molar-refractivity contribution in [2.24, 2.45) is 5.92 Å². The molecule has 1 saturated heterocycles. The lowest BCUT2D eigenvalue weighted by atomic mass is 9.95. The SMILES string of the molecule is CC1CN(C(C)C(=O)N(C)C)CCC1O. The zero-order valence-electron chi connectivity index (χ0n) is 10.1. The molecule has 0 aromatic rings. The first-order chi connectivity index (χ1) is 6.93. The van der Waals surface area contributed by atoms with Gasteiger partial charge in [-0.15, -0.1) is 0 Å². The monoisotopic (exact) mass is 214 g/mol. The van der Waals surface area contributed by atoms with Gasteiger partial charge in [0.05, 0.1) is 12.1 Å². The fourth-order valence-corrected chi connectivity index (χ4v) is 2.05. The number of likely N-dealkylation sites (tertiary alicyclic amines) is 1. The Morgan fingerprint density at radius 2 is 2.13 bits per heavy atom. The van der Waals surface area contributed by atoms with E-state index in [4.69, 9.17) is 0 Å². The number of amides is 1. The number of carbonyl (C=O) groups is 1. The van der Waals surface area contributed by atoms with Gasteiger partial charge in [0.1, 0.15) is 0 Å². The quantitative estimate of drug-likeness (QED) is 0.712. The first kappa shape index (κ1) is 12.5. The van der Waals surface area contributed by atoms with Crippen LogP contribution in [0.5, 0.6) is 0 Å². The second-order valence-corrected chi connectivity index (χ2v) is 4.74. The summed E-state index contributed by atoms with van der Waals surface area (Å²) in [7, 11) is 3.56. The molecule has 1 aliphatic heterocycles. The van der Waals surface area contributed by atoms with E-state index in [1.165, 1.54) is 0 Å². The van der Waals surface area contributed by atoms with Crippen LogP contribution in [0, 0.1) is 5.92 Å². The molecule has 1 amide bonds. The molecule has 0 spiro atoms. The first-order valence-electron chi connectivity index (χ1n) is 5.56. The van der Waals surface area contributed by atoms with Crippen molar-refractivity contribution in [2.75, 3.05) is 27.2 Å². The van der Waals surface area contributed by atoms with Gasteiger partial charge in [0, 0.05) is 27.2 Å². The summed E-state index contributed by atoms with van der Waals surface area (Å²) in [5, 5.41) is 9.60. The number of aliphatic hydroxyl groups excluding tert-OH is 1. The minimum Gasteiger partial charge on any atom is -0.393 e. The van der Waals surface area contributed by atoms with Crippen molar-refractivity contribution in [3.63, 3.8) is 0 Å². The predicted octanol–water partition coefficient (Wildman–Crippen LogP) is 0.166. The molecule has 1 fully saturated rings. The number of piperidine rings is 1. The lowest BCUT2D eigenvalue weighted by Gasteiger charge is -2.38. The van der Waals surface area contributed by atoms with Gasteiger partial charge in [-0.05, 0) is 19.3 Å². The maximum atomic E-state index is 11.8. The molecule has 3 unspecified atom stereocenters. The van der Waals surface area contributed by atoms with Crippen LogP contribution in [0.4, 0.5) is 0 Å².